The molecule has 6 rings (SSSR count). The summed E-state index contributed by atoms with van der Waals surface area (Å²) >= 11 is 5.36. The molecule has 3 radical (unpaired) electrons. The highest BCUT2D eigenvalue weighted by atomic mass is 32.1. The van der Waals surface area contributed by atoms with E-state index in [9.17, 15) is 0 Å². The first-order valence-electron chi connectivity index (χ1n) is 8.67. The summed E-state index contributed by atoms with van der Waals surface area (Å²) in [5.41, 5.74) is 0. The van der Waals surface area contributed by atoms with Crippen molar-refractivity contribution < 1.29 is 0 Å². The Kier molecular flexibility index (Phi) is 7.43. The molecule has 0 aliphatic heterocycles. The zero-order chi connectivity index (χ0) is 18.3. The molecule has 0 atom stereocenters. The lowest BCUT2D eigenvalue weighted by atomic mass is 10.3. The summed E-state index contributed by atoms with van der Waals surface area (Å²) in [7, 11) is 0. The second-order valence-electron chi connectivity index (χ2n) is 5.88. The Bertz CT molecular complexity index is 999. The molecule has 3 aromatic heterocycles. The smallest absolute Gasteiger partial charge is 0.0342 e. The van der Waals surface area contributed by atoms with Gasteiger partial charge in [0.15, 0.2) is 0 Å². The predicted molar refractivity (Wildman–Crippen MR) is 131 cm³/mol. The van der Waals surface area contributed by atoms with Crippen molar-refractivity contribution in [2.75, 3.05) is 0 Å². The Hall–Kier alpha value is -2.40. The summed E-state index contributed by atoms with van der Waals surface area (Å²) in [5, 5.41) is 10.4. The molecule has 6 aromatic rings. The molecule has 0 N–H and O–H groups in total. The molecular weight excluding hydrogens is 395 g/mol. The second-order valence-corrected chi connectivity index (χ2v) is 8.72. The van der Waals surface area contributed by atoms with Crippen molar-refractivity contribution >= 4 is 72.7 Å². The molecule has 0 aliphatic carbocycles. The minimum absolute atomic E-state index is 0. The van der Waals surface area contributed by atoms with E-state index in [1.54, 1.807) is 34.0 Å². The number of benzene rings is 3. The van der Waals surface area contributed by atoms with Gasteiger partial charge in [0, 0.05) is 22.5 Å². The van der Waals surface area contributed by atoms with Crippen LogP contribution in [0.5, 0.6) is 0 Å². The molecule has 0 fully saturated rings. The van der Waals surface area contributed by atoms with Crippen LogP contribution < -0.4 is 0 Å². The summed E-state index contributed by atoms with van der Waals surface area (Å²) in [5.74, 6) is 0. The molecule has 0 spiro atoms. The molecule has 0 unspecified atom stereocenters. The number of hydrogen-bond donors (Lipinski definition) is 0. The fourth-order valence-corrected chi connectivity index (χ4v) is 5.09. The van der Waals surface area contributed by atoms with Crippen molar-refractivity contribution in [1.29, 1.82) is 0 Å². The Morgan fingerprint density at radius 3 is 0.929 bits per heavy atom. The van der Waals surface area contributed by atoms with Gasteiger partial charge in [0.05, 0.1) is 0 Å². The standard InChI is InChI=1S/3C8H6S.B/c3*1-2-4-8-7(3-1)5-6-9-8;/h3*1-6H;. The van der Waals surface area contributed by atoms with E-state index < -0.39 is 0 Å². The molecule has 4 heteroatoms. The van der Waals surface area contributed by atoms with Crippen molar-refractivity contribution in [1.82, 2.24) is 0 Å². The zero-order valence-corrected chi connectivity index (χ0v) is 17.6. The SMILES string of the molecule is [B].c1ccc2sccc2c1.c1ccc2sccc2c1.c1ccc2sccc2c1. The maximum Gasteiger partial charge on any atom is 0.0342 e. The highest BCUT2D eigenvalue weighted by Crippen LogP contribution is 2.20. The summed E-state index contributed by atoms with van der Waals surface area (Å²) in [6.07, 6.45) is 0. The van der Waals surface area contributed by atoms with Crippen LogP contribution in [0.25, 0.3) is 30.3 Å². The molecule has 28 heavy (non-hydrogen) atoms. The molecular formula is C24H18BS3. The monoisotopic (exact) mass is 413 g/mol. The average Bonchev–Trinajstić information content (AvgIpc) is 3.48. The quantitative estimate of drug-likeness (QED) is 0.220. The topological polar surface area (TPSA) is 0 Å². The molecule has 0 saturated carbocycles. The van der Waals surface area contributed by atoms with Crippen LogP contribution in [-0.2, 0) is 0 Å². The third kappa shape index (κ3) is 5.11. The van der Waals surface area contributed by atoms with Crippen LogP contribution in [0.4, 0.5) is 0 Å². The van der Waals surface area contributed by atoms with E-state index in [0.29, 0.717) is 0 Å². The number of rotatable bonds is 0. The summed E-state index contributed by atoms with van der Waals surface area (Å²) in [6, 6.07) is 31.6. The lowest BCUT2D eigenvalue weighted by molar-refractivity contribution is 1.86. The van der Waals surface area contributed by atoms with E-state index in [1.807, 2.05) is 0 Å². The third-order valence-electron chi connectivity index (χ3n) is 4.08. The van der Waals surface area contributed by atoms with Crippen LogP contribution in [0.1, 0.15) is 0 Å². The Labute approximate surface area is 179 Å². The minimum atomic E-state index is 0. The molecule has 0 nitrogen and oxygen atoms in total. The van der Waals surface area contributed by atoms with E-state index in [0.717, 1.165) is 0 Å². The summed E-state index contributed by atoms with van der Waals surface area (Å²) < 4.78 is 4.12. The molecule has 0 amide bonds. The van der Waals surface area contributed by atoms with Crippen LogP contribution in [0.15, 0.2) is 107 Å². The van der Waals surface area contributed by atoms with Crippen molar-refractivity contribution in [3.8, 4) is 0 Å². The van der Waals surface area contributed by atoms with Crippen molar-refractivity contribution in [3.05, 3.63) is 107 Å². The van der Waals surface area contributed by atoms with E-state index in [2.05, 4.69) is 107 Å². The number of thiophene rings is 3. The van der Waals surface area contributed by atoms with Crippen molar-refractivity contribution in [3.63, 3.8) is 0 Å². The normalized spacial score (nSPS) is 9.86. The first-order valence-corrected chi connectivity index (χ1v) is 11.3. The van der Waals surface area contributed by atoms with Crippen LogP contribution in [0.3, 0.4) is 0 Å². The zero-order valence-electron chi connectivity index (χ0n) is 15.2. The van der Waals surface area contributed by atoms with Gasteiger partial charge in [0.2, 0.25) is 0 Å². The van der Waals surface area contributed by atoms with Gasteiger partial charge in [0.25, 0.3) is 0 Å². The Balaban J connectivity index is 0.000000118. The Morgan fingerprint density at radius 2 is 0.643 bits per heavy atom. The van der Waals surface area contributed by atoms with Crippen LogP contribution in [0.2, 0.25) is 0 Å². The largest absolute Gasteiger partial charge is 0.144 e. The van der Waals surface area contributed by atoms with Crippen LogP contribution >= 0.6 is 34.0 Å². The van der Waals surface area contributed by atoms with Gasteiger partial charge in [-0.1, -0.05) is 54.6 Å². The van der Waals surface area contributed by atoms with Crippen LogP contribution in [0, 0.1) is 0 Å². The fourth-order valence-electron chi connectivity index (χ4n) is 2.72. The van der Waals surface area contributed by atoms with E-state index in [-0.39, 0.29) is 8.41 Å². The number of fused-ring (bicyclic) bond motifs is 3. The molecule has 0 aliphatic rings. The maximum absolute atomic E-state index is 2.14. The molecule has 3 aromatic carbocycles. The highest BCUT2D eigenvalue weighted by Gasteiger charge is 1.89. The lowest BCUT2D eigenvalue weighted by Crippen LogP contribution is -1.56. The van der Waals surface area contributed by atoms with Gasteiger partial charge in [-0.2, -0.15) is 0 Å². The first kappa shape index (κ1) is 20.3. The molecule has 3 heterocycles. The Morgan fingerprint density at radius 1 is 0.357 bits per heavy atom. The minimum Gasteiger partial charge on any atom is -0.144 e. The van der Waals surface area contributed by atoms with E-state index >= 15 is 0 Å². The maximum atomic E-state index is 2.14. The first-order chi connectivity index (χ1) is 13.4. The van der Waals surface area contributed by atoms with Gasteiger partial charge >= 0.3 is 0 Å². The molecule has 135 valence electrons. The van der Waals surface area contributed by atoms with E-state index in [1.165, 1.54) is 30.3 Å². The van der Waals surface area contributed by atoms with Crippen molar-refractivity contribution in [2.24, 2.45) is 0 Å². The molecule has 0 saturated heterocycles. The molecule has 0 bridgehead atoms. The van der Waals surface area contributed by atoms with Gasteiger partial charge in [0.1, 0.15) is 0 Å². The number of hydrogen-bond acceptors (Lipinski definition) is 3. The highest BCUT2D eigenvalue weighted by molar-refractivity contribution is 7.17. The summed E-state index contributed by atoms with van der Waals surface area (Å²) in [4.78, 5) is 0. The van der Waals surface area contributed by atoms with E-state index in [4.69, 9.17) is 0 Å². The second kappa shape index (κ2) is 10.2. The average molecular weight is 413 g/mol. The van der Waals surface area contributed by atoms with Gasteiger partial charge in [-0.3, -0.25) is 0 Å². The summed E-state index contributed by atoms with van der Waals surface area (Å²) in [6.45, 7) is 0. The fraction of sp³-hybridized carbons (Fsp3) is 0. The van der Waals surface area contributed by atoms with Crippen LogP contribution in [-0.4, -0.2) is 8.41 Å². The lowest BCUT2D eigenvalue weighted by Gasteiger charge is -1.82. The third-order valence-corrected chi connectivity index (χ3v) is 6.78. The van der Waals surface area contributed by atoms with Crippen molar-refractivity contribution in [2.45, 2.75) is 0 Å². The van der Waals surface area contributed by atoms with Gasteiger partial charge in [-0.25, -0.2) is 0 Å². The van der Waals surface area contributed by atoms with Gasteiger partial charge < -0.3 is 0 Å². The van der Waals surface area contributed by atoms with Gasteiger partial charge in [-0.05, 0) is 68.7 Å². The predicted octanol–water partition coefficient (Wildman–Crippen LogP) is 8.32. The van der Waals surface area contributed by atoms with Gasteiger partial charge in [-0.15, -0.1) is 34.0 Å².